The van der Waals surface area contributed by atoms with Crippen LogP contribution in [-0.4, -0.2) is 64.4 Å². The number of rotatable bonds is 6. The fourth-order valence-electron chi connectivity index (χ4n) is 8.23. The molecular formula is C33H36FN5OS. The molecule has 5 heterocycles. The zero-order valence-corrected chi connectivity index (χ0v) is 24.4. The van der Waals surface area contributed by atoms with Crippen molar-refractivity contribution < 1.29 is 9.13 Å². The Hall–Kier alpha value is -2.97. The fraction of sp³-hybridized carbons (Fsp3) is 0.485. The van der Waals surface area contributed by atoms with Crippen molar-refractivity contribution in [2.24, 2.45) is 11.8 Å². The van der Waals surface area contributed by atoms with Gasteiger partial charge in [-0.05, 0) is 87.6 Å². The minimum absolute atomic E-state index is 0.0713. The Morgan fingerprint density at radius 3 is 2.54 bits per heavy atom. The Bertz CT molecular complexity index is 1620. The molecule has 3 aliphatic heterocycles. The highest BCUT2D eigenvalue weighted by molar-refractivity contribution is 7.98. The van der Waals surface area contributed by atoms with Gasteiger partial charge in [-0.3, -0.25) is 9.88 Å². The van der Waals surface area contributed by atoms with Crippen LogP contribution in [0.3, 0.4) is 0 Å². The Morgan fingerprint density at radius 1 is 1.02 bits per heavy atom. The van der Waals surface area contributed by atoms with Crippen molar-refractivity contribution in [3.05, 3.63) is 48.4 Å². The number of halogens is 1. The first-order chi connectivity index (χ1) is 20.1. The summed E-state index contributed by atoms with van der Waals surface area (Å²) >= 11 is 1.67. The van der Waals surface area contributed by atoms with Gasteiger partial charge in [0.1, 0.15) is 23.6 Å². The second-order valence-electron chi connectivity index (χ2n) is 12.5. The van der Waals surface area contributed by atoms with Gasteiger partial charge in [0.2, 0.25) is 0 Å². The van der Waals surface area contributed by atoms with Crippen molar-refractivity contribution in [3.8, 4) is 17.3 Å². The molecule has 2 aromatic carbocycles. The maximum absolute atomic E-state index is 16.7. The van der Waals surface area contributed by atoms with E-state index in [4.69, 9.17) is 19.7 Å². The third-order valence-corrected chi connectivity index (χ3v) is 11.0. The number of anilines is 1. The highest BCUT2D eigenvalue weighted by atomic mass is 32.2. The molecule has 1 saturated carbocycles. The summed E-state index contributed by atoms with van der Waals surface area (Å²) < 4.78 is 23.2. The number of fused-ring (bicyclic) bond motifs is 5. The van der Waals surface area contributed by atoms with E-state index >= 15 is 4.39 Å². The maximum atomic E-state index is 16.7. The lowest BCUT2D eigenvalue weighted by Crippen LogP contribution is -2.43. The molecule has 4 aromatic rings. The van der Waals surface area contributed by atoms with Crippen molar-refractivity contribution in [3.63, 3.8) is 0 Å². The van der Waals surface area contributed by atoms with Gasteiger partial charge < -0.3 is 9.64 Å². The largest absolute Gasteiger partial charge is 0.461 e. The smallest absolute Gasteiger partial charge is 0.319 e. The molecule has 3 saturated heterocycles. The summed E-state index contributed by atoms with van der Waals surface area (Å²) in [6.45, 7) is 4.73. The van der Waals surface area contributed by atoms with Gasteiger partial charge in [-0.1, -0.05) is 30.3 Å². The number of thioether (sulfide) groups is 1. The lowest BCUT2D eigenvalue weighted by Gasteiger charge is -2.34. The molecule has 4 aliphatic rings. The van der Waals surface area contributed by atoms with Crippen LogP contribution >= 0.6 is 11.8 Å². The normalized spacial score (nSPS) is 23.5. The van der Waals surface area contributed by atoms with Crippen molar-refractivity contribution in [1.82, 2.24) is 19.9 Å². The minimum atomic E-state index is -0.402. The molecule has 0 spiro atoms. The van der Waals surface area contributed by atoms with E-state index in [0.29, 0.717) is 35.0 Å². The van der Waals surface area contributed by atoms with Gasteiger partial charge in [-0.25, -0.2) is 4.39 Å². The fourth-order valence-corrected chi connectivity index (χ4v) is 8.88. The van der Waals surface area contributed by atoms with Gasteiger partial charge >= 0.3 is 6.01 Å². The molecule has 2 bridgehead atoms. The van der Waals surface area contributed by atoms with Crippen molar-refractivity contribution in [2.75, 3.05) is 43.9 Å². The van der Waals surface area contributed by atoms with Gasteiger partial charge in [0.05, 0.1) is 10.9 Å². The van der Waals surface area contributed by atoms with Gasteiger partial charge in [0.15, 0.2) is 5.82 Å². The van der Waals surface area contributed by atoms with E-state index in [0.717, 1.165) is 66.1 Å². The molecule has 2 aromatic heterocycles. The van der Waals surface area contributed by atoms with Crippen molar-refractivity contribution >= 4 is 39.3 Å². The Kier molecular flexibility index (Phi) is 6.33. The lowest BCUT2D eigenvalue weighted by molar-refractivity contribution is 0.108. The molecule has 212 valence electrons. The molecule has 8 heteroatoms. The van der Waals surface area contributed by atoms with Crippen LogP contribution in [0.1, 0.15) is 44.9 Å². The third kappa shape index (κ3) is 4.28. The predicted molar refractivity (Wildman–Crippen MR) is 163 cm³/mol. The second-order valence-corrected chi connectivity index (χ2v) is 13.4. The van der Waals surface area contributed by atoms with E-state index < -0.39 is 5.82 Å². The topological polar surface area (TPSA) is 54.4 Å². The van der Waals surface area contributed by atoms with Gasteiger partial charge in [-0.15, -0.1) is 11.8 Å². The van der Waals surface area contributed by atoms with Crippen molar-refractivity contribution in [1.29, 1.82) is 0 Å². The first-order valence-corrected chi connectivity index (χ1v) is 16.4. The number of benzene rings is 2. The van der Waals surface area contributed by atoms with Crippen LogP contribution in [0.4, 0.5) is 10.2 Å². The van der Waals surface area contributed by atoms with Crippen LogP contribution in [0.5, 0.6) is 6.01 Å². The number of ether oxygens (including phenoxy) is 1. The van der Waals surface area contributed by atoms with Crippen LogP contribution in [-0.2, 0) is 0 Å². The van der Waals surface area contributed by atoms with Crippen LogP contribution in [0.2, 0.25) is 0 Å². The van der Waals surface area contributed by atoms with Crippen LogP contribution in [0.15, 0.2) is 47.5 Å². The summed E-state index contributed by atoms with van der Waals surface area (Å²) in [7, 11) is 0. The highest BCUT2D eigenvalue weighted by Crippen LogP contribution is 2.43. The summed E-state index contributed by atoms with van der Waals surface area (Å²) in [6.07, 6.45) is 12.4. The van der Waals surface area contributed by atoms with E-state index in [-0.39, 0.29) is 11.5 Å². The molecule has 41 heavy (non-hydrogen) atoms. The van der Waals surface area contributed by atoms with Crippen LogP contribution in [0, 0.1) is 17.7 Å². The number of aromatic nitrogens is 3. The second kappa shape index (κ2) is 10.1. The number of piperidine rings is 1. The maximum Gasteiger partial charge on any atom is 0.319 e. The number of hydrogen-bond donors (Lipinski definition) is 0. The first kappa shape index (κ1) is 25.7. The quantitative estimate of drug-likeness (QED) is 0.233. The Balaban J connectivity index is 1.26. The van der Waals surface area contributed by atoms with E-state index in [1.165, 1.54) is 32.1 Å². The molecule has 0 radical (unpaired) electrons. The average Bonchev–Trinajstić information content (AvgIpc) is 3.69. The monoisotopic (exact) mass is 569 g/mol. The number of pyridine rings is 1. The van der Waals surface area contributed by atoms with E-state index in [2.05, 4.69) is 34.3 Å². The number of hydrogen-bond acceptors (Lipinski definition) is 7. The SMILES string of the molecule is CSc1cccc2cccc(-c3ncc4c(N5CC6CCC(C6)C5)nc(OCC56CCCN5CCC6)nc4c3F)c12. The molecule has 2 unspecified atom stereocenters. The molecule has 6 nitrogen and oxygen atoms in total. The Labute approximate surface area is 244 Å². The standard InChI is InChI=1S/C33H36FN5OS/c1-41-26-9-3-7-23-6-2-8-24(27(23)26)29-28(34)30-25(17-35-29)31(38-18-21-10-11-22(16-21)19-38)37-32(36-30)40-20-33-12-4-14-39(33)15-5-13-33/h2-3,6-9,17,21-22H,4-5,10-16,18-20H2,1H3. The zero-order chi connectivity index (χ0) is 27.6. The molecule has 1 aliphatic carbocycles. The van der Waals surface area contributed by atoms with Gasteiger partial charge in [-0.2, -0.15) is 9.97 Å². The molecule has 4 fully saturated rings. The van der Waals surface area contributed by atoms with E-state index in [1.807, 2.05) is 18.2 Å². The van der Waals surface area contributed by atoms with Gasteiger partial charge in [0, 0.05) is 35.1 Å². The van der Waals surface area contributed by atoms with Gasteiger partial charge in [0.25, 0.3) is 0 Å². The summed E-state index contributed by atoms with van der Waals surface area (Å²) in [6, 6.07) is 12.5. The predicted octanol–water partition coefficient (Wildman–Crippen LogP) is 6.95. The lowest BCUT2D eigenvalue weighted by atomic mass is 9.95. The first-order valence-electron chi connectivity index (χ1n) is 15.2. The van der Waals surface area contributed by atoms with Crippen LogP contribution < -0.4 is 9.64 Å². The van der Waals surface area contributed by atoms with E-state index in [1.54, 1.807) is 18.0 Å². The molecule has 0 N–H and O–H groups in total. The van der Waals surface area contributed by atoms with Crippen molar-refractivity contribution in [2.45, 2.75) is 55.4 Å². The third-order valence-electron chi connectivity index (χ3n) is 10.2. The highest BCUT2D eigenvalue weighted by Gasteiger charge is 2.45. The summed E-state index contributed by atoms with van der Waals surface area (Å²) in [4.78, 5) is 20.5. The number of nitrogens with zero attached hydrogens (tertiary/aromatic N) is 5. The minimum Gasteiger partial charge on any atom is -0.461 e. The molecule has 0 amide bonds. The summed E-state index contributed by atoms with van der Waals surface area (Å²) in [5, 5.41) is 2.77. The summed E-state index contributed by atoms with van der Waals surface area (Å²) in [5.74, 6) is 1.71. The Morgan fingerprint density at radius 2 is 1.78 bits per heavy atom. The van der Waals surface area contributed by atoms with Crippen LogP contribution in [0.25, 0.3) is 32.9 Å². The molecule has 8 rings (SSSR count). The van der Waals surface area contributed by atoms with E-state index in [9.17, 15) is 0 Å². The average molecular weight is 570 g/mol. The summed E-state index contributed by atoms with van der Waals surface area (Å²) in [5.41, 5.74) is 1.49. The molecular weight excluding hydrogens is 533 g/mol. The zero-order valence-electron chi connectivity index (χ0n) is 23.6. The molecule has 2 atom stereocenters.